The van der Waals surface area contributed by atoms with Crippen LogP contribution in [0.15, 0.2) is 47.4 Å². The van der Waals surface area contributed by atoms with Gasteiger partial charge in [0.15, 0.2) is 0 Å². The summed E-state index contributed by atoms with van der Waals surface area (Å²) >= 11 is 0. The predicted octanol–water partition coefficient (Wildman–Crippen LogP) is 3.28. The molecule has 23 heavy (non-hydrogen) atoms. The average molecular weight is 333 g/mol. The van der Waals surface area contributed by atoms with Crippen molar-refractivity contribution >= 4 is 10.0 Å². The number of sulfonamides is 1. The zero-order valence-electron chi connectivity index (χ0n) is 14.0. The molecule has 124 valence electrons. The van der Waals surface area contributed by atoms with E-state index in [2.05, 4.69) is 4.72 Å². The first-order valence-corrected chi connectivity index (χ1v) is 8.98. The molecule has 0 bridgehead atoms. The number of hydrogen-bond acceptors (Lipinski definition) is 3. The first-order chi connectivity index (χ1) is 10.8. The molecule has 4 nitrogen and oxygen atoms in total. The Labute approximate surface area is 138 Å². The monoisotopic (exact) mass is 333 g/mol. The third-order valence-corrected chi connectivity index (χ3v) is 5.48. The van der Waals surface area contributed by atoms with Gasteiger partial charge in [0.25, 0.3) is 0 Å². The van der Waals surface area contributed by atoms with E-state index in [-0.39, 0.29) is 12.6 Å². The van der Waals surface area contributed by atoms with Crippen LogP contribution in [0.25, 0.3) is 0 Å². The topological polar surface area (TPSA) is 55.4 Å². The van der Waals surface area contributed by atoms with Crippen molar-refractivity contribution in [2.75, 3.05) is 13.7 Å². The second kappa shape index (κ2) is 7.25. The van der Waals surface area contributed by atoms with Gasteiger partial charge >= 0.3 is 0 Å². The molecule has 2 rings (SSSR count). The summed E-state index contributed by atoms with van der Waals surface area (Å²) in [5.41, 5.74) is 3.84. The molecule has 0 aliphatic carbocycles. The fraction of sp³-hybridized carbons (Fsp3) is 0.333. The van der Waals surface area contributed by atoms with Crippen LogP contribution >= 0.6 is 0 Å². The van der Waals surface area contributed by atoms with Crippen molar-refractivity contribution in [3.05, 3.63) is 64.7 Å². The molecule has 0 aliphatic heterocycles. The lowest BCUT2D eigenvalue weighted by Gasteiger charge is -2.19. The summed E-state index contributed by atoms with van der Waals surface area (Å²) in [6, 6.07) is 13.1. The van der Waals surface area contributed by atoms with E-state index in [1.807, 2.05) is 44.2 Å². The average Bonchev–Trinajstić information content (AvgIpc) is 2.49. The van der Waals surface area contributed by atoms with Crippen LogP contribution in [0.4, 0.5) is 0 Å². The third-order valence-electron chi connectivity index (χ3n) is 3.90. The van der Waals surface area contributed by atoms with Gasteiger partial charge in [-0.05, 0) is 43.5 Å². The number of aryl methyl sites for hydroxylation is 3. The minimum absolute atomic E-state index is 0.191. The molecule has 1 atom stereocenters. The second-order valence-electron chi connectivity index (χ2n) is 5.70. The van der Waals surface area contributed by atoms with Crippen LogP contribution in [-0.2, 0) is 14.8 Å². The molecule has 0 saturated carbocycles. The van der Waals surface area contributed by atoms with Crippen molar-refractivity contribution in [1.82, 2.24) is 4.72 Å². The highest BCUT2D eigenvalue weighted by molar-refractivity contribution is 7.89. The van der Waals surface area contributed by atoms with E-state index in [9.17, 15) is 8.42 Å². The number of ether oxygens (including phenoxy) is 1. The molecule has 0 aromatic heterocycles. The van der Waals surface area contributed by atoms with E-state index in [1.54, 1.807) is 26.2 Å². The van der Waals surface area contributed by atoms with E-state index >= 15 is 0 Å². The summed E-state index contributed by atoms with van der Waals surface area (Å²) in [6.07, 6.45) is -0.322. The molecule has 1 N–H and O–H groups in total. The minimum Gasteiger partial charge on any atom is -0.375 e. The fourth-order valence-corrected chi connectivity index (χ4v) is 3.89. The van der Waals surface area contributed by atoms with Crippen molar-refractivity contribution in [3.8, 4) is 0 Å². The number of rotatable bonds is 6. The Morgan fingerprint density at radius 1 is 1.04 bits per heavy atom. The highest BCUT2D eigenvalue weighted by Crippen LogP contribution is 2.21. The minimum atomic E-state index is -3.56. The normalized spacial score (nSPS) is 13.0. The summed E-state index contributed by atoms with van der Waals surface area (Å²) in [5.74, 6) is 0. The lowest BCUT2D eigenvalue weighted by Crippen LogP contribution is -2.30. The van der Waals surface area contributed by atoms with E-state index in [0.29, 0.717) is 4.90 Å². The number of methoxy groups -OCH3 is 1. The Bertz CT molecular complexity index is 785. The highest BCUT2D eigenvalue weighted by Gasteiger charge is 2.20. The first-order valence-electron chi connectivity index (χ1n) is 7.50. The van der Waals surface area contributed by atoms with Crippen molar-refractivity contribution in [1.29, 1.82) is 0 Å². The van der Waals surface area contributed by atoms with Gasteiger partial charge in [0, 0.05) is 13.7 Å². The second-order valence-corrected chi connectivity index (χ2v) is 7.44. The predicted molar refractivity (Wildman–Crippen MR) is 92.0 cm³/mol. The number of nitrogens with one attached hydrogen (secondary N) is 1. The molecule has 0 fully saturated rings. The Hall–Kier alpha value is -1.69. The zero-order chi connectivity index (χ0) is 17.0. The van der Waals surface area contributed by atoms with Crippen molar-refractivity contribution in [2.24, 2.45) is 0 Å². The van der Waals surface area contributed by atoms with Crippen LogP contribution in [0.2, 0.25) is 0 Å². The lowest BCUT2D eigenvalue weighted by atomic mass is 10.0. The van der Waals surface area contributed by atoms with Gasteiger partial charge in [0.2, 0.25) is 10.0 Å². The van der Waals surface area contributed by atoms with E-state index in [4.69, 9.17) is 4.74 Å². The third kappa shape index (κ3) is 4.19. The van der Waals surface area contributed by atoms with Gasteiger partial charge in [-0.25, -0.2) is 13.1 Å². The molecular weight excluding hydrogens is 310 g/mol. The molecule has 0 radical (unpaired) electrons. The molecule has 5 heteroatoms. The maximum atomic E-state index is 12.5. The van der Waals surface area contributed by atoms with Crippen molar-refractivity contribution in [2.45, 2.75) is 31.8 Å². The fourth-order valence-electron chi connectivity index (χ4n) is 2.63. The number of benzene rings is 2. The van der Waals surface area contributed by atoms with Crippen LogP contribution in [0.1, 0.15) is 28.4 Å². The SMILES string of the molecule is CO[C@H](CNS(=O)(=O)c1ccc(C)cc1C)c1ccccc1C. The Kier molecular flexibility index (Phi) is 5.57. The highest BCUT2D eigenvalue weighted by atomic mass is 32.2. The Morgan fingerprint density at radius 2 is 1.74 bits per heavy atom. The van der Waals surface area contributed by atoms with Crippen LogP contribution in [-0.4, -0.2) is 22.1 Å². The van der Waals surface area contributed by atoms with Gasteiger partial charge in [-0.2, -0.15) is 0 Å². The Balaban J connectivity index is 2.19. The molecule has 0 aliphatic rings. The summed E-state index contributed by atoms with van der Waals surface area (Å²) in [6.45, 7) is 5.92. The van der Waals surface area contributed by atoms with Crippen LogP contribution in [0, 0.1) is 20.8 Å². The molecule has 0 amide bonds. The van der Waals surface area contributed by atoms with Gasteiger partial charge < -0.3 is 4.74 Å². The lowest BCUT2D eigenvalue weighted by molar-refractivity contribution is 0.107. The van der Waals surface area contributed by atoms with Gasteiger partial charge in [-0.15, -0.1) is 0 Å². The molecule has 2 aromatic carbocycles. The summed E-state index contributed by atoms with van der Waals surface area (Å²) in [4.78, 5) is 0.308. The van der Waals surface area contributed by atoms with Gasteiger partial charge in [0.05, 0.1) is 11.0 Å². The summed E-state index contributed by atoms with van der Waals surface area (Å²) in [5, 5.41) is 0. The maximum absolute atomic E-state index is 12.5. The standard InChI is InChI=1S/C18H23NO3S/c1-13-9-10-18(15(3)11-13)23(20,21)19-12-17(22-4)16-8-6-5-7-14(16)2/h5-11,17,19H,12H2,1-4H3/t17-/m1/s1. The summed E-state index contributed by atoms with van der Waals surface area (Å²) in [7, 11) is -1.98. The smallest absolute Gasteiger partial charge is 0.240 e. The van der Waals surface area contributed by atoms with Gasteiger partial charge in [-0.3, -0.25) is 0 Å². The number of hydrogen-bond donors (Lipinski definition) is 1. The summed E-state index contributed by atoms with van der Waals surface area (Å²) < 4.78 is 33.2. The first kappa shape index (κ1) is 17.7. The molecule has 0 unspecified atom stereocenters. The van der Waals surface area contributed by atoms with Crippen molar-refractivity contribution < 1.29 is 13.2 Å². The van der Waals surface area contributed by atoms with Gasteiger partial charge in [0.1, 0.15) is 0 Å². The molecule has 0 spiro atoms. The molecule has 0 saturated heterocycles. The van der Waals surface area contributed by atoms with Crippen LogP contribution < -0.4 is 4.72 Å². The van der Waals surface area contributed by atoms with E-state index in [0.717, 1.165) is 22.3 Å². The zero-order valence-corrected chi connectivity index (χ0v) is 14.8. The molecule has 2 aromatic rings. The quantitative estimate of drug-likeness (QED) is 0.882. The van der Waals surface area contributed by atoms with Crippen molar-refractivity contribution in [3.63, 3.8) is 0 Å². The largest absolute Gasteiger partial charge is 0.375 e. The Morgan fingerprint density at radius 3 is 2.35 bits per heavy atom. The van der Waals surface area contributed by atoms with Crippen LogP contribution in [0.5, 0.6) is 0 Å². The molecule has 0 heterocycles. The van der Waals surface area contributed by atoms with E-state index in [1.165, 1.54) is 0 Å². The maximum Gasteiger partial charge on any atom is 0.240 e. The van der Waals surface area contributed by atoms with Crippen LogP contribution in [0.3, 0.4) is 0 Å². The van der Waals surface area contributed by atoms with E-state index < -0.39 is 10.0 Å². The molecular formula is C18H23NO3S. The van der Waals surface area contributed by atoms with Gasteiger partial charge in [-0.1, -0.05) is 42.0 Å².